The molecule has 1 aliphatic carbocycles. The number of amides is 1. The molecule has 1 aromatic carbocycles. The van der Waals surface area contributed by atoms with Gasteiger partial charge in [-0.25, -0.2) is 4.39 Å². The monoisotopic (exact) mass is 445 g/mol. The Morgan fingerprint density at radius 1 is 1.12 bits per heavy atom. The van der Waals surface area contributed by atoms with Crippen LogP contribution in [0.3, 0.4) is 0 Å². The number of fused-ring (bicyclic) bond motifs is 1. The van der Waals surface area contributed by atoms with Crippen molar-refractivity contribution in [3.05, 3.63) is 34.4 Å². The van der Waals surface area contributed by atoms with Gasteiger partial charge in [-0.2, -0.15) is 0 Å². The maximum atomic E-state index is 15.1. The third kappa shape index (κ3) is 5.14. The SMILES string of the molecule is CCC(CO)C(=O)Nc1cn(C(CC)CC)c2cc(NC3CCCCC3)c(F)cc2c1=O. The van der Waals surface area contributed by atoms with Crippen molar-refractivity contribution >= 4 is 28.2 Å². The van der Waals surface area contributed by atoms with Crippen molar-refractivity contribution < 1.29 is 14.3 Å². The van der Waals surface area contributed by atoms with Gasteiger partial charge in [0.1, 0.15) is 11.5 Å². The number of anilines is 2. The van der Waals surface area contributed by atoms with Gasteiger partial charge in [0.2, 0.25) is 11.3 Å². The molecule has 2 aromatic rings. The molecule has 0 radical (unpaired) electrons. The Hall–Kier alpha value is -2.41. The number of carbonyl (C=O) groups is 1. The minimum absolute atomic E-state index is 0.0987. The Morgan fingerprint density at radius 3 is 2.41 bits per heavy atom. The molecule has 1 fully saturated rings. The lowest BCUT2D eigenvalue weighted by Crippen LogP contribution is -2.29. The molecule has 3 rings (SSSR count). The third-order valence-electron chi connectivity index (χ3n) is 6.76. The molecule has 1 amide bonds. The average molecular weight is 446 g/mol. The summed E-state index contributed by atoms with van der Waals surface area (Å²) < 4.78 is 17.0. The van der Waals surface area contributed by atoms with Crippen LogP contribution < -0.4 is 16.1 Å². The average Bonchev–Trinajstić information content (AvgIpc) is 2.80. The van der Waals surface area contributed by atoms with E-state index in [1.807, 2.05) is 4.57 Å². The molecule has 1 aromatic heterocycles. The molecule has 176 valence electrons. The Morgan fingerprint density at radius 2 is 1.81 bits per heavy atom. The number of nitrogens with one attached hydrogen (secondary N) is 2. The summed E-state index contributed by atoms with van der Waals surface area (Å²) in [6, 6.07) is 3.38. The normalized spacial score (nSPS) is 15.8. The van der Waals surface area contributed by atoms with Gasteiger partial charge in [0.25, 0.3) is 0 Å². The first-order valence-corrected chi connectivity index (χ1v) is 12.0. The third-order valence-corrected chi connectivity index (χ3v) is 6.76. The van der Waals surface area contributed by atoms with E-state index < -0.39 is 23.1 Å². The topological polar surface area (TPSA) is 83.4 Å². The molecule has 0 aliphatic heterocycles. The van der Waals surface area contributed by atoms with E-state index in [2.05, 4.69) is 24.5 Å². The van der Waals surface area contributed by atoms with Crippen LogP contribution in [-0.4, -0.2) is 28.2 Å². The van der Waals surface area contributed by atoms with Crippen LogP contribution in [0.1, 0.15) is 78.2 Å². The van der Waals surface area contributed by atoms with Gasteiger partial charge in [0.15, 0.2) is 0 Å². The molecule has 1 unspecified atom stereocenters. The quantitative estimate of drug-likeness (QED) is 0.495. The maximum Gasteiger partial charge on any atom is 0.229 e. The zero-order chi connectivity index (χ0) is 23.3. The summed E-state index contributed by atoms with van der Waals surface area (Å²) in [5.74, 6) is -1.45. The zero-order valence-corrected chi connectivity index (χ0v) is 19.4. The molecule has 32 heavy (non-hydrogen) atoms. The molecular formula is C25H36FN3O3. The van der Waals surface area contributed by atoms with E-state index in [4.69, 9.17) is 0 Å². The molecule has 0 saturated heterocycles. The van der Waals surface area contributed by atoms with E-state index >= 15 is 4.39 Å². The van der Waals surface area contributed by atoms with Crippen molar-refractivity contribution in [2.45, 2.75) is 84.2 Å². The Bertz CT molecular complexity index is 990. The minimum Gasteiger partial charge on any atom is -0.396 e. The fourth-order valence-corrected chi connectivity index (χ4v) is 4.65. The molecule has 7 heteroatoms. The van der Waals surface area contributed by atoms with Crippen LogP contribution in [0.15, 0.2) is 23.1 Å². The minimum atomic E-state index is -0.592. The highest BCUT2D eigenvalue weighted by atomic mass is 19.1. The van der Waals surface area contributed by atoms with Crippen molar-refractivity contribution in [2.75, 3.05) is 17.2 Å². The van der Waals surface area contributed by atoms with Gasteiger partial charge < -0.3 is 20.3 Å². The summed E-state index contributed by atoms with van der Waals surface area (Å²) in [7, 11) is 0. The van der Waals surface area contributed by atoms with Gasteiger partial charge in [-0.1, -0.05) is 40.0 Å². The van der Waals surface area contributed by atoms with E-state index in [0.29, 0.717) is 17.6 Å². The Balaban J connectivity index is 2.09. The molecule has 1 aliphatic rings. The van der Waals surface area contributed by atoms with Gasteiger partial charge in [0, 0.05) is 18.3 Å². The smallest absolute Gasteiger partial charge is 0.229 e. The van der Waals surface area contributed by atoms with Crippen molar-refractivity contribution in [1.29, 1.82) is 0 Å². The lowest BCUT2D eigenvalue weighted by molar-refractivity contribution is -0.121. The van der Waals surface area contributed by atoms with Crippen molar-refractivity contribution in [3.8, 4) is 0 Å². The summed E-state index contributed by atoms with van der Waals surface area (Å²) in [4.78, 5) is 25.7. The number of pyridine rings is 1. The van der Waals surface area contributed by atoms with Gasteiger partial charge >= 0.3 is 0 Å². The fourth-order valence-electron chi connectivity index (χ4n) is 4.65. The van der Waals surface area contributed by atoms with E-state index in [-0.39, 0.29) is 29.8 Å². The fraction of sp³-hybridized carbons (Fsp3) is 0.600. The van der Waals surface area contributed by atoms with Gasteiger partial charge in [0.05, 0.1) is 29.1 Å². The lowest BCUT2D eigenvalue weighted by atomic mass is 9.95. The van der Waals surface area contributed by atoms with Crippen LogP contribution in [-0.2, 0) is 4.79 Å². The molecule has 1 heterocycles. The number of nitrogens with zero attached hydrogens (tertiary/aromatic N) is 1. The van der Waals surface area contributed by atoms with E-state index in [1.165, 1.54) is 12.5 Å². The van der Waals surface area contributed by atoms with Crippen LogP contribution in [0.4, 0.5) is 15.8 Å². The number of aliphatic hydroxyl groups is 1. The van der Waals surface area contributed by atoms with Crippen molar-refractivity contribution in [3.63, 3.8) is 0 Å². The van der Waals surface area contributed by atoms with E-state index in [1.54, 1.807) is 19.2 Å². The van der Waals surface area contributed by atoms with Gasteiger partial charge in [-0.15, -0.1) is 0 Å². The molecule has 3 N–H and O–H groups in total. The molecule has 1 atom stereocenters. The van der Waals surface area contributed by atoms with E-state index in [9.17, 15) is 14.7 Å². The standard InChI is InChI=1S/C25H36FN3O3/c1-4-16(15-30)25(32)28-22-14-29(18(5-2)6-3)23-13-21(20(26)12-19(23)24(22)31)27-17-10-8-7-9-11-17/h12-14,16-18,27,30H,4-11,15H2,1-3H3,(H,28,32). The largest absolute Gasteiger partial charge is 0.396 e. The lowest BCUT2D eigenvalue weighted by Gasteiger charge is -2.26. The first-order chi connectivity index (χ1) is 15.4. The highest BCUT2D eigenvalue weighted by Gasteiger charge is 2.22. The molecule has 1 saturated carbocycles. The number of rotatable bonds is 9. The van der Waals surface area contributed by atoms with Gasteiger partial charge in [-0.05, 0) is 44.2 Å². The Labute approximate surface area is 189 Å². The van der Waals surface area contributed by atoms with Crippen molar-refractivity contribution in [2.24, 2.45) is 5.92 Å². The van der Waals surface area contributed by atoms with Crippen LogP contribution >= 0.6 is 0 Å². The predicted molar refractivity (Wildman–Crippen MR) is 128 cm³/mol. The van der Waals surface area contributed by atoms with E-state index in [0.717, 1.165) is 38.5 Å². The highest BCUT2D eigenvalue weighted by molar-refractivity contribution is 5.95. The second-order valence-electron chi connectivity index (χ2n) is 8.85. The predicted octanol–water partition coefficient (Wildman–Crippen LogP) is 5.20. The summed E-state index contributed by atoms with van der Waals surface area (Å²) in [6.07, 6.45) is 9.33. The second kappa shape index (κ2) is 10.9. The number of carbonyl (C=O) groups excluding carboxylic acids is 1. The summed E-state index contributed by atoms with van der Waals surface area (Å²) >= 11 is 0. The zero-order valence-electron chi connectivity index (χ0n) is 19.4. The highest BCUT2D eigenvalue weighted by Crippen LogP contribution is 2.30. The molecule has 6 nitrogen and oxygen atoms in total. The summed E-state index contributed by atoms with van der Waals surface area (Å²) in [6.45, 7) is 5.65. The summed E-state index contributed by atoms with van der Waals surface area (Å²) in [5, 5.41) is 15.7. The van der Waals surface area contributed by atoms with Crippen LogP contribution in [0, 0.1) is 11.7 Å². The molecule has 0 spiro atoms. The second-order valence-corrected chi connectivity index (χ2v) is 8.85. The number of hydrogen-bond donors (Lipinski definition) is 3. The first kappa shape index (κ1) is 24.2. The number of halogens is 1. The number of aromatic nitrogens is 1. The van der Waals surface area contributed by atoms with Crippen molar-refractivity contribution in [1.82, 2.24) is 4.57 Å². The maximum absolute atomic E-state index is 15.1. The molecular weight excluding hydrogens is 409 g/mol. The van der Waals surface area contributed by atoms with Crippen LogP contribution in [0.5, 0.6) is 0 Å². The number of hydrogen-bond acceptors (Lipinski definition) is 4. The van der Waals surface area contributed by atoms with Crippen LogP contribution in [0.25, 0.3) is 10.9 Å². The Kier molecular flexibility index (Phi) is 8.29. The number of aliphatic hydroxyl groups excluding tert-OH is 1. The first-order valence-electron chi connectivity index (χ1n) is 12.0. The van der Waals surface area contributed by atoms with Crippen LogP contribution in [0.2, 0.25) is 0 Å². The number of benzene rings is 1. The summed E-state index contributed by atoms with van der Waals surface area (Å²) in [5.41, 5.74) is 0.794. The molecule has 0 bridgehead atoms. The van der Waals surface area contributed by atoms with Gasteiger partial charge in [-0.3, -0.25) is 9.59 Å².